The molecule has 0 amide bonds. The van der Waals surface area contributed by atoms with Crippen molar-refractivity contribution in [2.75, 3.05) is 19.9 Å². The molecule has 1 unspecified atom stereocenters. The molecule has 0 aromatic rings. The van der Waals surface area contributed by atoms with Gasteiger partial charge < -0.3 is 15.2 Å². The summed E-state index contributed by atoms with van der Waals surface area (Å²) in [5.74, 6) is -0.396. The third-order valence-corrected chi connectivity index (χ3v) is 1.62. The SMILES string of the molecule is C#[N+]C(C)CCCOC(=O)COCN. The zero-order valence-corrected chi connectivity index (χ0v) is 8.44. The molecule has 0 rings (SSSR count). The van der Waals surface area contributed by atoms with Crippen LogP contribution in [0.5, 0.6) is 0 Å². The minimum Gasteiger partial charge on any atom is -0.464 e. The predicted molar refractivity (Wildman–Crippen MR) is 53.0 cm³/mol. The van der Waals surface area contributed by atoms with E-state index < -0.39 is 5.97 Å². The molecule has 0 fully saturated rings. The van der Waals surface area contributed by atoms with Gasteiger partial charge in [-0.3, -0.25) is 0 Å². The van der Waals surface area contributed by atoms with E-state index in [4.69, 9.17) is 17.0 Å². The Hall–Kier alpha value is -1.12. The van der Waals surface area contributed by atoms with Crippen LogP contribution in [0.15, 0.2) is 0 Å². The molecule has 5 heteroatoms. The smallest absolute Gasteiger partial charge is 0.332 e. The van der Waals surface area contributed by atoms with Crippen molar-refractivity contribution in [2.24, 2.45) is 5.73 Å². The number of esters is 1. The molecular weight excluding hydrogens is 184 g/mol. The van der Waals surface area contributed by atoms with Gasteiger partial charge in [-0.25, -0.2) is 4.79 Å². The fourth-order valence-electron chi connectivity index (χ4n) is 0.823. The summed E-state index contributed by atoms with van der Waals surface area (Å²) in [5, 5.41) is 0. The van der Waals surface area contributed by atoms with Crippen LogP contribution in [0.25, 0.3) is 4.85 Å². The van der Waals surface area contributed by atoms with Crippen molar-refractivity contribution in [1.82, 2.24) is 0 Å². The standard InChI is InChI=1S/C9H17N2O3/c1-8(11-2)4-3-5-14-9(12)6-13-7-10/h2,8H,3-7,10H2,1H3/q+1. The van der Waals surface area contributed by atoms with Crippen LogP contribution in [0, 0.1) is 6.57 Å². The molecule has 0 saturated heterocycles. The highest BCUT2D eigenvalue weighted by Crippen LogP contribution is 2.00. The normalized spacial score (nSPS) is 11.8. The van der Waals surface area contributed by atoms with Gasteiger partial charge in [-0.2, -0.15) is 0 Å². The molecule has 80 valence electrons. The van der Waals surface area contributed by atoms with Crippen LogP contribution in [0.1, 0.15) is 19.8 Å². The Kier molecular flexibility index (Phi) is 7.80. The van der Waals surface area contributed by atoms with Gasteiger partial charge in [0.2, 0.25) is 0 Å². The van der Waals surface area contributed by atoms with E-state index in [1.807, 2.05) is 6.92 Å². The van der Waals surface area contributed by atoms with Crippen molar-refractivity contribution in [2.45, 2.75) is 25.8 Å². The van der Waals surface area contributed by atoms with Crippen molar-refractivity contribution in [1.29, 1.82) is 0 Å². The molecule has 0 saturated carbocycles. The highest BCUT2D eigenvalue weighted by atomic mass is 16.6. The van der Waals surface area contributed by atoms with Crippen LogP contribution in [0.3, 0.4) is 0 Å². The van der Waals surface area contributed by atoms with Crippen molar-refractivity contribution in [3.05, 3.63) is 4.85 Å². The average molecular weight is 201 g/mol. The molecule has 0 aliphatic rings. The van der Waals surface area contributed by atoms with Gasteiger partial charge in [-0.15, -0.1) is 0 Å². The first-order chi connectivity index (χ1) is 6.70. The molecule has 5 nitrogen and oxygen atoms in total. The highest BCUT2D eigenvalue weighted by Gasteiger charge is 2.08. The minimum atomic E-state index is -0.396. The molecule has 0 heterocycles. The van der Waals surface area contributed by atoms with Crippen LogP contribution < -0.4 is 5.73 Å². The second-order valence-electron chi connectivity index (χ2n) is 2.88. The van der Waals surface area contributed by atoms with E-state index in [0.29, 0.717) is 6.61 Å². The summed E-state index contributed by atoms with van der Waals surface area (Å²) >= 11 is 0. The van der Waals surface area contributed by atoms with Gasteiger partial charge in [-0.1, -0.05) is 4.85 Å². The first-order valence-corrected chi connectivity index (χ1v) is 4.54. The van der Waals surface area contributed by atoms with Gasteiger partial charge in [0.25, 0.3) is 12.6 Å². The molecule has 0 bridgehead atoms. The lowest BCUT2D eigenvalue weighted by molar-refractivity contribution is -0.149. The Morgan fingerprint density at radius 3 is 2.93 bits per heavy atom. The summed E-state index contributed by atoms with van der Waals surface area (Å²) in [4.78, 5) is 14.4. The maximum Gasteiger partial charge on any atom is 0.332 e. The summed E-state index contributed by atoms with van der Waals surface area (Å²) < 4.78 is 9.50. The first-order valence-electron chi connectivity index (χ1n) is 4.54. The topological polar surface area (TPSA) is 65.9 Å². The van der Waals surface area contributed by atoms with Gasteiger partial charge in [-0.05, 0) is 6.42 Å². The fourth-order valence-corrected chi connectivity index (χ4v) is 0.823. The van der Waals surface area contributed by atoms with Gasteiger partial charge in [0.1, 0.15) is 6.61 Å². The van der Waals surface area contributed by atoms with E-state index in [2.05, 4.69) is 9.58 Å². The van der Waals surface area contributed by atoms with E-state index in [-0.39, 0.29) is 19.4 Å². The van der Waals surface area contributed by atoms with Crippen molar-refractivity contribution in [3.8, 4) is 6.57 Å². The van der Waals surface area contributed by atoms with E-state index in [1.165, 1.54) is 0 Å². The Balaban J connectivity index is 3.28. The van der Waals surface area contributed by atoms with E-state index in [0.717, 1.165) is 12.8 Å². The summed E-state index contributed by atoms with van der Waals surface area (Å²) in [6.45, 7) is 7.27. The van der Waals surface area contributed by atoms with Crippen LogP contribution >= 0.6 is 0 Å². The predicted octanol–water partition coefficient (Wildman–Crippen LogP) is 0.594. The molecule has 2 N–H and O–H groups in total. The van der Waals surface area contributed by atoms with E-state index in [1.54, 1.807) is 0 Å². The Morgan fingerprint density at radius 1 is 1.64 bits per heavy atom. The Labute approximate surface area is 84.0 Å². The van der Waals surface area contributed by atoms with Crippen molar-refractivity contribution in [3.63, 3.8) is 0 Å². The average Bonchev–Trinajstić information content (AvgIpc) is 2.21. The number of hydrogen-bond acceptors (Lipinski definition) is 4. The van der Waals surface area contributed by atoms with Gasteiger partial charge in [0, 0.05) is 13.3 Å². The van der Waals surface area contributed by atoms with Gasteiger partial charge in [0.05, 0.1) is 13.3 Å². The van der Waals surface area contributed by atoms with Crippen LogP contribution in [-0.4, -0.2) is 32.0 Å². The maximum atomic E-state index is 10.9. The molecule has 0 aliphatic heterocycles. The second-order valence-corrected chi connectivity index (χ2v) is 2.88. The van der Waals surface area contributed by atoms with E-state index in [9.17, 15) is 4.79 Å². The van der Waals surface area contributed by atoms with Crippen LogP contribution in [0.4, 0.5) is 0 Å². The minimum absolute atomic E-state index is 0.0260. The number of ether oxygens (including phenoxy) is 2. The maximum absolute atomic E-state index is 10.9. The summed E-state index contributed by atoms with van der Waals surface area (Å²) in [6.07, 6.45) is 1.55. The summed E-state index contributed by atoms with van der Waals surface area (Å²) in [7, 11) is 0. The first kappa shape index (κ1) is 12.9. The largest absolute Gasteiger partial charge is 0.464 e. The van der Waals surface area contributed by atoms with Crippen molar-refractivity contribution >= 4 is 5.97 Å². The highest BCUT2D eigenvalue weighted by molar-refractivity contribution is 5.70. The van der Waals surface area contributed by atoms with Crippen LogP contribution in [-0.2, 0) is 14.3 Å². The zero-order valence-electron chi connectivity index (χ0n) is 8.44. The second kappa shape index (κ2) is 8.48. The molecule has 0 aromatic carbocycles. The molecule has 0 spiro atoms. The summed E-state index contributed by atoms with van der Waals surface area (Å²) in [5.41, 5.74) is 5.03. The number of carbonyl (C=O) groups is 1. The van der Waals surface area contributed by atoms with Gasteiger partial charge in [0.15, 0.2) is 0 Å². The van der Waals surface area contributed by atoms with E-state index >= 15 is 0 Å². The number of rotatable bonds is 7. The van der Waals surface area contributed by atoms with Crippen molar-refractivity contribution < 1.29 is 14.3 Å². The quantitative estimate of drug-likeness (QED) is 0.372. The van der Waals surface area contributed by atoms with Crippen LogP contribution in [0.2, 0.25) is 0 Å². The number of hydrogen-bond donors (Lipinski definition) is 1. The lowest BCUT2D eigenvalue weighted by atomic mass is 10.2. The fraction of sp³-hybridized carbons (Fsp3) is 0.778. The molecule has 0 radical (unpaired) electrons. The third kappa shape index (κ3) is 7.53. The Morgan fingerprint density at radius 2 is 2.36 bits per heavy atom. The zero-order chi connectivity index (χ0) is 10.8. The Bertz CT molecular complexity index is 201. The molecule has 1 atom stereocenters. The monoisotopic (exact) mass is 201 g/mol. The third-order valence-electron chi connectivity index (χ3n) is 1.62. The molecule has 14 heavy (non-hydrogen) atoms. The lowest BCUT2D eigenvalue weighted by Gasteiger charge is -2.03. The number of nitrogens with zero attached hydrogens (tertiary/aromatic N) is 1. The summed E-state index contributed by atoms with van der Waals surface area (Å²) in [6, 6.07) is 0.106. The molecular formula is C9H17N2O3+. The number of carbonyl (C=O) groups excluding carboxylic acids is 1. The number of nitrogens with two attached hydrogens (primary N) is 1. The van der Waals surface area contributed by atoms with Gasteiger partial charge >= 0.3 is 5.97 Å². The molecule has 0 aromatic heterocycles. The molecule has 0 aliphatic carbocycles. The lowest BCUT2D eigenvalue weighted by Crippen LogP contribution is -2.16.